The van der Waals surface area contributed by atoms with E-state index in [0.29, 0.717) is 81.8 Å². The van der Waals surface area contributed by atoms with E-state index in [0.717, 1.165) is 124 Å². The van der Waals surface area contributed by atoms with Crippen LogP contribution in [0.1, 0.15) is 167 Å². The monoisotopic (exact) mass is 2220 g/mol. The van der Waals surface area contributed by atoms with Crippen LogP contribution in [0.5, 0.6) is 0 Å². The Hall–Kier alpha value is -8.85. The molecule has 7 aromatic heterocycles. The summed E-state index contributed by atoms with van der Waals surface area (Å²) in [6.45, 7) is 17.6. The highest BCUT2D eigenvalue weighted by molar-refractivity contribution is 9.10. The number of rotatable bonds is 22. The fraction of sp³-hybridized carbons (Fsp3) is 0.347. The molecule has 3 fully saturated rings. The molecule has 11 aromatic rings. The van der Waals surface area contributed by atoms with Crippen LogP contribution in [-0.4, -0.2) is 176 Å². The number of nitrogens with two attached hydrogens (primary N) is 2. The van der Waals surface area contributed by atoms with Crippen LogP contribution in [0.2, 0.25) is 20.1 Å². The van der Waals surface area contributed by atoms with Gasteiger partial charge in [0.2, 0.25) is 5.95 Å². The van der Waals surface area contributed by atoms with Gasteiger partial charge in [-0.25, -0.2) is 86.1 Å². The number of anilines is 2. The van der Waals surface area contributed by atoms with Crippen molar-refractivity contribution in [3.63, 3.8) is 0 Å². The minimum absolute atomic E-state index is 0.0945. The molecule has 3 aliphatic rings. The Kier molecular flexibility index (Phi) is 46.0. The Bertz CT molecular complexity index is 6510. The van der Waals surface area contributed by atoms with Crippen molar-refractivity contribution in [3.05, 3.63) is 297 Å². The van der Waals surface area contributed by atoms with Crippen LogP contribution in [0.4, 0.5) is 38.1 Å². The van der Waals surface area contributed by atoms with Crippen molar-refractivity contribution >= 4 is 177 Å². The third-order valence-electron chi connectivity index (χ3n) is 21.7. The first-order chi connectivity index (χ1) is 65.2. The van der Waals surface area contributed by atoms with Gasteiger partial charge in [-0.2, -0.15) is 8.78 Å². The number of aromatic nitrogens is 10. The summed E-state index contributed by atoms with van der Waals surface area (Å²) >= 11 is 29.6. The Morgan fingerprint density at radius 2 is 0.799 bits per heavy atom. The van der Waals surface area contributed by atoms with Crippen molar-refractivity contribution in [2.75, 3.05) is 45.8 Å². The predicted octanol–water partition coefficient (Wildman–Crippen LogP) is 21.6. The number of nitrogens with one attached hydrogen (secondary N) is 1. The van der Waals surface area contributed by atoms with Gasteiger partial charge in [-0.15, -0.1) is 0 Å². The first-order valence-electron chi connectivity index (χ1n) is 43.2. The fourth-order valence-corrected chi connectivity index (χ4v) is 20.7. The van der Waals surface area contributed by atoms with Crippen molar-refractivity contribution < 1.29 is 74.4 Å². The highest BCUT2D eigenvalue weighted by Gasteiger charge is 2.50. The van der Waals surface area contributed by atoms with Crippen LogP contribution >= 0.6 is 88.9 Å². The molecule has 2 aliphatic carbocycles. The van der Waals surface area contributed by atoms with Gasteiger partial charge in [0.05, 0.1) is 91.7 Å². The van der Waals surface area contributed by atoms with Crippen molar-refractivity contribution in [3.8, 4) is 0 Å². The van der Waals surface area contributed by atoms with E-state index in [1.807, 2.05) is 65.8 Å². The lowest BCUT2D eigenvalue weighted by atomic mass is 9.89. The van der Waals surface area contributed by atoms with E-state index in [4.69, 9.17) is 83.0 Å². The van der Waals surface area contributed by atoms with E-state index < -0.39 is 81.1 Å². The molecule has 14 rings (SSSR count). The summed E-state index contributed by atoms with van der Waals surface area (Å²) in [5.41, 5.74) is 18.3. The zero-order valence-electron chi connectivity index (χ0n) is 78.4. The van der Waals surface area contributed by atoms with Crippen molar-refractivity contribution in [2.45, 2.75) is 199 Å². The van der Waals surface area contributed by atoms with Crippen LogP contribution in [0.25, 0.3) is 30.4 Å². The van der Waals surface area contributed by atoms with E-state index in [-0.39, 0.29) is 68.1 Å². The Labute approximate surface area is 850 Å². The average Bonchev–Trinajstić information content (AvgIpc) is 1.61. The number of nitrogens with zero attached hydrogens (tertiary/aromatic N) is 12. The summed E-state index contributed by atoms with van der Waals surface area (Å²) in [5.74, 6) is -0.397. The van der Waals surface area contributed by atoms with E-state index >= 15 is 0 Å². The van der Waals surface area contributed by atoms with E-state index in [1.54, 1.807) is 86.8 Å². The maximum absolute atomic E-state index is 13.3. The molecule has 4 aromatic carbocycles. The van der Waals surface area contributed by atoms with E-state index in [9.17, 15) is 60.0 Å². The Morgan fingerprint density at radius 1 is 0.468 bits per heavy atom. The van der Waals surface area contributed by atoms with Crippen LogP contribution in [0.3, 0.4) is 0 Å². The molecule has 0 bridgehead atoms. The lowest BCUT2D eigenvalue weighted by Gasteiger charge is -2.32. The summed E-state index contributed by atoms with van der Waals surface area (Å²) < 4.78 is 187. The number of aliphatic hydroxyl groups excluding tert-OH is 1. The molecule has 0 radical (unpaired) electrons. The number of unbranched alkanes of at least 4 members (excludes halogenated alkanes) is 1. The van der Waals surface area contributed by atoms with Gasteiger partial charge in [0.15, 0.2) is 29.5 Å². The van der Waals surface area contributed by atoms with Crippen LogP contribution in [0.15, 0.2) is 193 Å². The fourth-order valence-electron chi connectivity index (χ4n) is 13.2. The number of hydrogen-bond donors (Lipinski definition) is 4. The molecule has 8 heterocycles. The Balaban J connectivity index is 0.000000230. The summed E-state index contributed by atoms with van der Waals surface area (Å²) in [7, 11) is -1.95. The topological polar surface area (TPSA) is 375 Å². The second kappa shape index (κ2) is 54.6. The van der Waals surface area contributed by atoms with Gasteiger partial charge in [-0.3, -0.25) is 15.0 Å². The number of nitrogen functional groups attached to an aromatic ring is 1. The molecule has 26 nitrogen and oxygen atoms in total. The summed E-state index contributed by atoms with van der Waals surface area (Å²) in [5, 5.41) is 10.9. The molecule has 0 spiro atoms. The predicted molar refractivity (Wildman–Crippen MR) is 545 cm³/mol. The molecule has 139 heavy (non-hydrogen) atoms. The molecular weight excluding hydrogens is 2120 g/mol. The smallest absolute Gasteiger partial charge is 0.400 e. The maximum atomic E-state index is 13.3. The second-order valence-electron chi connectivity index (χ2n) is 33.4. The average molecular weight is 2230 g/mol. The maximum Gasteiger partial charge on any atom is 0.487 e. The molecule has 1 saturated heterocycles. The van der Waals surface area contributed by atoms with Gasteiger partial charge in [0.25, 0.3) is 9.05 Å². The SMILES string of the molecule is CC1(C)OB(/C=C/c2cnc(F)nc2)OC1(C)C.CCCCO.CN(C)C1CCC(N)CC1.Cc1nc(CS(=O)(=O)c2ccc(F)cc2Cl)ccc1/C=C/c1cnc(F)nc1.Cc1nc(CS(=O)(=O)c2ccc(F)cc2Cl)ccc1/C=C/c1cnc(NC2CCC(N(C)C)CC2)nc1.Cc1nc(CS(=O)(=O)c2ccc(F)cc2Cl)ccc1Br.Cc1nc(N)ccc1Br.O=S(=O)(Cl)c1ccc(F)cc1Cl. The largest absolute Gasteiger partial charge is 0.487 e. The summed E-state index contributed by atoms with van der Waals surface area (Å²) in [6.07, 6.45) is 28.1. The summed E-state index contributed by atoms with van der Waals surface area (Å²) in [6, 6.07) is 28.6. The van der Waals surface area contributed by atoms with Crippen molar-refractivity contribution in [2.24, 2.45) is 5.73 Å². The Morgan fingerprint density at radius 3 is 1.12 bits per heavy atom. The normalized spacial score (nSPS) is 16.2. The minimum Gasteiger partial charge on any atom is -0.400 e. The number of halogens is 13. The minimum atomic E-state index is -3.88. The number of aryl methyl sites for hydroxylation is 4. The standard InChI is InChI=1S/C27H31ClFN5O2S.C19H14ClF2N3O2S.C13H10BrClFNO2S.C12H16BFN2O2.C8H18N2.C6H7BrN2.C6H3Cl2FO2S.C4H10O/c1-18-20(6-8-23(32-18)17-37(35,36)26-13-7-21(29)14-25(26)28)5-4-19-15-30-27(31-16-19)33-22-9-11-24(12-10-22)34(2)3;1-12-14(3-2-13-9-23-19(22)24-10-13)4-6-16(25-12)11-28(26,27)18-7-5-15(21)8-17(18)20;1-8-11(14)4-3-10(17-8)7-20(18,19)13-5-2-9(16)6-12(13)15;1-11(2)12(3,4)18-13(17-11)6-5-9-7-15-10(14)16-8-9;1-10(2)8-5-3-7(9)4-6-8;1-4-5(7)2-3-6(8)9-4;7-5-3-4(9)1-2-6(5)12(8,10)11;1-2-3-4-5/h4-8,13-16,22,24H,9-12,17H2,1-3H3,(H,30,31,33);2-10H,11H2,1H3;2-6H,7H2,1H3;5-8H,1-4H3;7-8H,3-6,9H2,1-2H3;2-3H,1H3,(H2,8,9);1-3H;5H,2-4H2,1H3/b5-4+;3-2+;;6-5+;;;;. The van der Waals surface area contributed by atoms with Crippen molar-refractivity contribution in [1.29, 1.82) is 0 Å². The zero-order chi connectivity index (χ0) is 103. The summed E-state index contributed by atoms with van der Waals surface area (Å²) in [4.78, 5) is 43.7. The first-order valence-corrected chi connectivity index (χ1v) is 53.5. The molecular formula is C95H109BBr2Cl5F6N15O11S4. The molecule has 2 saturated carbocycles. The third kappa shape index (κ3) is 38.7. The van der Waals surface area contributed by atoms with E-state index in [2.05, 4.69) is 132 Å². The number of sulfone groups is 3. The molecule has 0 unspecified atom stereocenters. The van der Waals surface area contributed by atoms with Crippen LogP contribution in [0, 0.1) is 63.1 Å². The number of hydrogen-bond acceptors (Lipinski definition) is 26. The van der Waals surface area contributed by atoms with Gasteiger partial charge < -0.3 is 41.0 Å². The number of aliphatic hydroxyl groups is 1. The molecule has 44 heteroatoms. The molecule has 0 atom stereocenters. The van der Waals surface area contributed by atoms with Gasteiger partial charge in [0, 0.05) is 116 Å². The first kappa shape index (κ1) is 117. The molecule has 748 valence electrons. The van der Waals surface area contributed by atoms with E-state index in [1.165, 1.54) is 75.4 Å². The molecule has 6 N–H and O–H groups in total. The number of benzene rings is 4. The lowest BCUT2D eigenvalue weighted by molar-refractivity contribution is 0.00578. The lowest BCUT2D eigenvalue weighted by Crippen LogP contribution is -2.41. The highest BCUT2D eigenvalue weighted by atomic mass is 79.9. The van der Waals surface area contributed by atoms with Crippen LogP contribution < -0.4 is 16.8 Å². The highest BCUT2D eigenvalue weighted by Crippen LogP contribution is 2.38. The van der Waals surface area contributed by atoms with Gasteiger partial charge in [0.1, 0.15) is 34.0 Å². The van der Waals surface area contributed by atoms with Gasteiger partial charge in [-0.05, 0) is 294 Å². The van der Waals surface area contributed by atoms with Crippen LogP contribution in [-0.2, 0) is 65.1 Å². The second-order valence-corrected chi connectivity index (χ2v) is 45.2. The van der Waals surface area contributed by atoms with Crippen molar-refractivity contribution in [1.82, 2.24) is 59.6 Å². The van der Waals surface area contributed by atoms with Gasteiger partial charge in [-0.1, -0.05) is 108 Å². The molecule has 0 amide bonds. The zero-order valence-corrected chi connectivity index (χ0v) is 88.6. The molecule has 1 aliphatic heterocycles. The quantitative estimate of drug-likeness (QED) is 0.0161. The number of pyridine rings is 4. The third-order valence-corrected chi connectivity index (χ3v) is 31.5. The van der Waals surface area contributed by atoms with Gasteiger partial charge >= 0.3 is 19.3 Å².